The fourth-order valence-electron chi connectivity index (χ4n) is 2.57. The SMILES string of the molecule is CC1CCN(CC(=O)N2CCN(C)CC2)CC1. The van der Waals surface area contributed by atoms with Crippen molar-refractivity contribution in [3.05, 3.63) is 0 Å². The van der Waals surface area contributed by atoms with E-state index in [4.69, 9.17) is 0 Å². The van der Waals surface area contributed by atoms with Crippen molar-refractivity contribution < 1.29 is 4.79 Å². The van der Waals surface area contributed by atoms with Gasteiger partial charge in [0.1, 0.15) is 0 Å². The highest BCUT2D eigenvalue weighted by atomic mass is 16.2. The van der Waals surface area contributed by atoms with E-state index in [0.29, 0.717) is 12.5 Å². The number of rotatable bonds is 2. The summed E-state index contributed by atoms with van der Waals surface area (Å²) >= 11 is 0. The summed E-state index contributed by atoms with van der Waals surface area (Å²) in [7, 11) is 2.12. The van der Waals surface area contributed by atoms with Crippen LogP contribution in [0.5, 0.6) is 0 Å². The zero-order chi connectivity index (χ0) is 12.3. The summed E-state index contributed by atoms with van der Waals surface area (Å²) in [6, 6.07) is 0. The van der Waals surface area contributed by atoms with Crippen LogP contribution in [0.1, 0.15) is 19.8 Å². The Bertz CT molecular complexity index is 253. The van der Waals surface area contributed by atoms with Gasteiger partial charge in [-0.1, -0.05) is 6.92 Å². The van der Waals surface area contributed by atoms with Gasteiger partial charge in [0, 0.05) is 26.2 Å². The molecule has 2 aliphatic rings. The molecule has 0 aromatic heterocycles. The van der Waals surface area contributed by atoms with Crippen LogP contribution in [0.25, 0.3) is 0 Å². The van der Waals surface area contributed by atoms with E-state index in [2.05, 4.69) is 23.8 Å². The van der Waals surface area contributed by atoms with Crippen molar-refractivity contribution >= 4 is 5.91 Å². The molecule has 98 valence electrons. The van der Waals surface area contributed by atoms with E-state index < -0.39 is 0 Å². The number of likely N-dealkylation sites (tertiary alicyclic amines) is 1. The van der Waals surface area contributed by atoms with Gasteiger partial charge in [-0.25, -0.2) is 0 Å². The molecule has 2 saturated heterocycles. The topological polar surface area (TPSA) is 26.8 Å². The summed E-state index contributed by atoms with van der Waals surface area (Å²) in [4.78, 5) is 18.8. The molecule has 2 rings (SSSR count). The number of hydrogen-bond donors (Lipinski definition) is 0. The van der Waals surface area contributed by atoms with Crippen molar-refractivity contribution in [2.75, 3.05) is 52.9 Å². The number of carbonyl (C=O) groups excluding carboxylic acids is 1. The van der Waals surface area contributed by atoms with E-state index in [1.165, 1.54) is 12.8 Å². The van der Waals surface area contributed by atoms with Gasteiger partial charge in [0.2, 0.25) is 5.91 Å². The third kappa shape index (κ3) is 3.68. The molecule has 0 aromatic rings. The molecule has 0 aliphatic carbocycles. The second-order valence-corrected chi connectivity index (χ2v) is 5.64. The maximum absolute atomic E-state index is 12.1. The summed E-state index contributed by atoms with van der Waals surface area (Å²) in [5.74, 6) is 1.16. The van der Waals surface area contributed by atoms with E-state index in [9.17, 15) is 4.79 Å². The highest BCUT2D eigenvalue weighted by molar-refractivity contribution is 5.78. The van der Waals surface area contributed by atoms with Crippen LogP contribution in [-0.2, 0) is 4.79 Å². The molecular formula is C13H25N3O. The average Bonchev–Trinajstić information content (AvgIpc) is 2.33. The fraction of sp³-hybridized carbons (Fsp3) is 0.923. The second kappa shape index (κ2) is 5.83. The van der Waals surface area contributed by atoms with Crippen LogP contribution >= 0.6 is 0 Å². The first kappa shape index (κ1) is 12.8. The molecule has 0 unspecified atom stereocenters. The van der Waals surface area contributed by atoms with E-state index in [1.807, 2.05) is 4.90 Å². The van der Waals surface area contributed by atoms with Crippen LogP contribution in [-0.4, -0.2) is 73.5 Å². The minimum absolute atomic E-state index is 0.327. The number of piperazine rings is 1. The number of amides is 1. The standard InChI is InChI=1S/C13H25N3O/c1-12-3-5-15(6-4-12)11-13(17)16-9-7-14(2)8-10-16/h12H,3-11H2,1-2H3. The predicted molar refractivity (Wildman–Crippen MR) is 68.9 cm³/mol. The minimum Gasteiger partial charge on any atom is -0.339 e. The zero-order valence-corrected chi connectivity index (χ0v) is 11.2. The third-order valence-corrected chi connectivity index (χ3v) is 4.09. The first-order valence-electron chi connectivity index (χ1n) is 6.84. The lowest BCUT2D eigenvalue weighted by atomic mass is 9.99. The quantitative estimate of drug-likeness (QED) is 0.702. The molecule has 2 aliphatic heterocycles. The Balaban J connectivity index is 1.73. The van der Waals surface area contributed by atoms with Crippen LogP contribution in [0.4, 0.5) is 0 Å². The maximum atomic E-state index is 12.1. The molecular weight excluding hydrogens is 214 g/mol. The summed E-state index contributed by atoms with van der Waals surface area (Å²) in [6.45, 7) is 8.97. The van der Waals surface area contributed by atoms with Crippen LogP contribution < -0.4 is 0 Å². The lowest BCUT2D eigenvalue weighted by molar-refractivity contribution is -0.134. The second-order valence-electron chi connectivity index (χ2n) is 5.64. The van der Waals surface area contributed by atoms with Crippen LogP contribution in [0.15, 0.2) is 0 Å². The van der Waals surface area contributed by atoms with Gasteiger partial charge in [-0.3, -0.25) is 9.69 Å². The molecule has 0 atom stereocenters. The summed E-state index contributed by atoms with van der Waals surface area (Å²) in [5.41, 5.74) is 0. The van der Waals surface area contributed by atoms with E-state index >= 15 is 0 Å². The van der Waals surface area contributed by atoms with E-state index in [1.54, 1.807) is 0 Å². The van der Waals surface area contributed by atoms with Crippen molar-refractivity contribution in [2.45, 2.75) is 19.8 Å². The van der Waals surface area contributed by atoms with Crippen LogP contribution in [0, 0.1) is 5.92 Å². The summed E-state index contributed by atoms with van der Waals surface area (Å²) in [5, 5.41) is 0. The molecule has 17 heavy (non-hydrogen) atoms. The maximum Gasteiger partial charge on any atom is 0.236 e. The smallest absolute Gasteiger partial charge is 0.236 e. The molecule has 2 fully saturated rings. The number of piperidine rings is 1. The largest absolute Gasteiger partial charge is 0.339 e. The molecule has 2 heterocycles. The van der Waals surface area contributed by atoms with Crippen molar-refractivity contribution in [2.24, 2.45) is 5.92 Å². The average molecular weight is 239 g/mol. The molecule has 0 bridgehead atoms. The van der Waals surface area contributed by atoms with Gasteiger partial charge >= 0.3 is 0 Å². The molecule has 0 radical (unpaired) electrons. The van der Waals surface area contributed by atoms with Gasteiger partial charge in [0.05, 0.1) is 6.54 Å². The number of likely N-dealkylation sites (N-methyl/N-ethyl adjacent to an activating group) is 1. The van der Waals surface area contributed by atoms with Gasteiger partial charge < -0.3 is 9.80 Å². The first-order valence-corrected chi connectivity index (χ1v) is 6.84. The van der Waals surface area contributed by atoms with Gasteiger partial charge in [0.25, 0.3) is 0 Å². The Morgan fingerprint density at radius 3 is 2.24 bits per heavy atom. The van der Waals surface area contributed by atoms with Gasteiger partial charge in [-0.2, -0.15) is 0 Å². The molecule has 0 saturated carbocycles. The molecule has 0 N–H and O–H groups in total. The molecule has 1 amide bonds. The van der Waals surface area contributed by atoms with Crippen molar-refractivity contribution in [3.63, 3.8) is 0 Å². The lowest BCUT2D eigenvalue weighted by Gasteiger charge is -2.35. The van der Waals surface area contributed by atoms with E-state index in [0.717, 1.165) is 45.2 Å². The van der Waals surface area contributed by atoms with Crippen molar-refractivity contribution in [3.8, 4) is 0 Å². The normalized spacial score (nSPS) is 25.2. The predicted octanol–water partition coefficient (Wildman–Crippen LogP) is 0.492. The number of nitrogens with zero attached hydrogens (tertiary/aromatic N) is 3. The lowest BCUT2D eigenvalue weighted by Crippen LogP contribution is -2.50. The fourth-order valence-corrected chi connectivity index (χ4v) is 2.57. The van der Waals surface area contributed by atoms with Gasteiger partial charge in [0.15, 0.2) is 0 Å². The summed E-state index contributed by atoms with van der Waals surface area (Å²) in [6.07, 6.45) is 2.49. The summed E-state index contributed by atoms with van der Waals surface area (Å²) < 4.78 is 0. The first-order chi connectivity index (χ1) is 8.15. The molecule has 0 spiro atoms. The van der Waals surface area contributed by atoms with Crippen molar-refractivity contribution in [1.29, 1.82) is 0 Å². The van der Waals surface area contributed by atoms with E-state index in [-0.39, 0.29) is 0 Å². The van der Waals surface area contributed by atoms with Crippen LogP contribution in [0.3, 0.4) is 0 Å². The monoisotopic (exact) mass is 239 g/mol. The Kier molecular flexibility index (Phi) is 4.40. The van der Waals surface area contributed by atoms with Crippen LogP contribution in [0.2, 0.25) is 0 Å². The number of hydrogen-bond acceptors (Lipinski definition) is 3. The molecule has 4 nitrogen and oxygen atoms in total. The minimum atomic E-state index is 0.327. The Labute approximate surface area is 105 Å². The number of carbonyl (C=O) groups is 1. The van der Waals surface area contributed by atoms with Gasteiger partial charge in [-0.15, -0.1) is 0 Å². The highest BCUT2D eigenvalue weighted by Gasteiger charge is 2.23. The Morgan fingerprint density at radius 1 is 1.06 bits per heavy atom. The van der Waals surface area contributed by atoms with Gasteiger partial charge in [-0.05, 0) is 38.9 Å². The third-order valence-electron chi connectivity index (χ3n) is 4.09. The molecule has 4 heteroatoms. The highest BCUT2D eigenvalue weighted by Crippen LogP contribution is 2.15. The zero-order valence-electron chi connectivity index (χ0n) is 11.2. The Morgan fingerprint density at radius 2 is 1.65 bits per heavy atom. The molecule has 0 aromatic carbocycles. The Hall–Kier alpha value is -0.610. The van der Waals surface area contributed by atoms with Crippen molar-refractivity contribution in [1.82, 2.24) is 14.7 Å².